The van der Waals surface area contributed by atoms with Crippen molar-refractivity contribution in [3.05, 3.63) is 30.2 Å². The molecule has 0 atom stereocenters. The zero-order valence-electron chi connectivity index (χ0n) is 13.3. The van der Waals surface area contributed by atoms with Crippen molar-refractivity contribution in [1.82, 2.24) is 14.4 Å². The minimum absolute atomic E-state index is 0.136. The molecular weight excluding hydrogens is 334 g/mol. The molecule has 3 rings (SSSR count). The first-order valence-electron chi connectivity index (χ1n) is 7.79. The molecule has 8 nitrogen and oxygen atoms in total. The van der Waals surface area contributed by atoms with E-state index in [4.69, 9.17) is 8.94 Å². The highest BCUT2D eigenvalue weighted by molar-refractivity contribution is 7.89. The molecule has 0 aliphatic carbocycles. The summed E-state index contributed by atoms with van der Waals surface area (Å²) in [5.41, 5.74) is 0.186. The number of carbonyl (C=O) groups is 1. The number of piperazine rings is 1. The van der Waals surface area contributed by atoms with Crippen LogP contribution in [0.2, 0.25) is 0 Å². The highest BCUT2D eigenvalue weighted by Crippen LogP contribution is 2.21. The maximum absolute atomic E-state index is 12.5. The van der Waals surface area contributed by atoms with Gasteiger partial charge < -0.3 is 13.8 Å². The average molecular weight is 353 g/mol. The summed E-state index contributed by atoms with van der Waals surface area (Å²) in [6, 6.07) is 4.96. The predicted molar refractivity (Wildman–Crippen MR) is 85.8 cm³/mol. The largest absolute Gasteiger partial charge is 0.461 e. The summed E-state index contributed by atoms with van der Waals surface area (Å²) < 4.78 is 35.9. The Kier molecular flexibility index (Phi) is 4.72. The number of sulfonamides is 1. The molecule has 3 heterocycles. The SMILES string of the molecule is CCCS(=O)(=O)N1CCN(C(=O)c2cc(-c3ccco3)on2)CC1. The summed E-state index contributed by atoms with van der Waals surface area (Å²) in [5, 5.41) is 3.79. The van der Waals surface area contributed by atoms with E-state index in [1.165, 1.54) is 16.6 Å². The third kappa shape index (κ3) is 3.36. The van der Waals surface area contributed by atoms with Gasteiger partial charge in [0.05, 0.1) is 12.0 Å². The smallest absolute Gasteiger partial charge is 0.276 e. The molecule has 0 bridgehead atoms. The molecule has 0 unspecified atom stereocenters. The second kappa shape index (κ2) is 6.78. The second-order valence-corrected chi connectivity index (χ2v) is 7.65. The molecule has 2 aromatic heterocycles. The van der Waals surface area contributed by atoms with Gasteiger partial charge in [0.1, 0.15) is 0 Å². The summed E-state index contributed by atoms with van der Waals surface area (Å²) >= 11 is 0. The molecule has 0 radical (unpaired) electrons. The number of amides is 1. The Labute approximate surface area is 140 Å². The van der Waals surface area contributed by atoms with Crippen molar-refractivity contribution in [3.63, 3.8) is 0 Å². The van der Waals surface area contributed by atoms with Crippen LogP contribution in [0.5, 0.6) is 0 Å². The lowest BCUT2D eigenvalue weighted by Crippen LogP contribution is -2.51. The van der Waals surface area contributed by atoms with Crippen molar-refractivity contribution in [1.29, 1.82) is 0 Å². The number of hydrogen-bond acceptors (Lipinski definition) is 6. The Balaban J connectivity index is 1.63. The molecule has 0 aromatic carbocycles. The molecule has 0 spiro atoms. The minimum Gasteiger partial charge on any atom is -0.461 e. The van der Waals surface area contributed by atoms with E-state index in [1.807, 2.05) is 6.92 Å². The summed E-state index contributed by atoms with van der Waals surface area (Å²) in [5.74, 6) is 0.741. The lowest BCUT2D eigenvalue weighted by atomic mass is 10.2. The van der Waals surface area contributed by atoms with Crippen molar-refractivity contribution in [2.75, 3.05) is 31.9 Å². The van der Waals surface area contributed by atoms with Crippen molar-refractivity contribution in [2.45, 2.75) is 13.3 Å². The minimum atomic E-state index is -3.22. The highest BCUT2D eigenvalue weighted by atomic mass is 32.2. The monoisotopic (exact) mass is 353 g/mol. The number of nitrogens with zero attached hydrogens (tertiary/aromatic N) is 3. The first-order chi connectivity index (χ1) is 11.5. The van der Waals surface area contributed by atoms with Gasteiger partial charge in [0.25, 0.3) is 5.91 Å². The predicted octanol–water partition coefficient (Wildman–Crippen LogP) is 1.43. The molecule has 0 saturated carbocycles. The summed E-state index contributed by atoms with van der Waals surface area (Å²) in [6.07, 6.45) is 2.09. The van der Waals surface area contributed by atoms with Gasteiger partial charge in [-0.3, -0.25) is 4.79 Å². The normalized spacial score (nSPS) is 16.5. The summed E-state index contributed by atoms with van der Waals surface area (Å²) in [4.78, 5) is 14.1. The van der Waals surface area contributed by atoms with Crippen molar-refractivity contribution in [2.24, 2.45) is 0 Å². The lowest BCUT2D eigenvalue weighted by Gasteiger charge is -2.33. The number of furan rings is 1. The molecule has 130 valence electrons. The third-order valence-corrected chi connectivity index (χ3v) is 5.95. The van der Waals surface area contributed by atoms with Gasteiger partial charge in [-0.05, 0) is 18.6 Å². The number of hydrogen-bond donors (Lipinski definition) is 0. The number of rotatable bonds is 5. The van der Waals surface area contributed by atoms with Crippen LogP contribution in [0.15, 0.2) is 33.4 Å². The molecule has 9 heteroatoms. The highest BCUT2D eigenvalue weighted by Gasteiger charge is 2.29. The molecule has 1 fully saturated rings. The third-order valence-electron chi connectivity index (χ3n) is 3.87. The van der Waals surface area contributed by atoms with Crippen LogP contribution in [0.3, 0.4) is 0 Å². The first kappa shape index (κ1) is 16.7. The van der Waals surface area contributed by atoms with Gasteiger partial charge in [0.15, 0.2) is 11.5 Å². The molecular formula is C15H19N3O5S. The number of aromatic nitrogens is 1. The Morgan fingerprint density at radius 3 is 2.62 bits per heavy atom. The topological polar surface area (TPSA) is 96.9 Å². The maximum Gasteiger partial charge on any atom is 0.276 e. The van der Waals surface area contributed by atoms with Gasteiger partial charge in [-0.15, -0.1) is 0 Å². The molecule has 1 saturated heterocycles. The zero-order chi connectivity index (χ0) is 17.2. The zero-order valence-corrected chi connectivity index (χ0v) is 14.2. The fraction of sp³-hybridized carbons (Fsp3) is 0.467. The Hall–Kier alpha value is -2.13. The standard InChI is InChI=1S/C15H19N3O5S/c1-2-10-24(20,21)18-7-5-17(6-8-18)15(19)12-11-14(23-16-12)13-4-3-9-22-13/h3-4,9,11H,2,5-8,10H2,1H3. The summed E-state index contributed by atoms with van der Waals surface area (Å²) in [6.45, 7) is 3.11. The van der Waals surface area contributed by atoms with E-state index in [9.17, 15) is 13.2 Å². The van der Waals surface area contributed by atoms with Crippen LogP contribution in [0.25, 0.3) is 11.5 Å². The van der Waals surface area contributed by atoms with E-state index in [2.05, 4.69) is 5.16 Å². The first-order valence-corrected chi connectivity index (χ1v) is 9.40. The van der Waals surface area contributed by atoms with E-state index in [0.717, 1.165) is 0 Å². The summed E-state index contributed by atoms with van der Waals surface area (Å²) in [7, 11) is -3.22. The molecule has 24 heavy (non-hydrogen) atoms. The molecule has 1 amide bonds. The number of carbonyl (C=O) groups excluding carboxylic acids is 1. The van der Waals surface area contributed by atoms with Crippen molar-refractivity contribution >= 4 is 15.9 Å². The van der Waals surface area contributed by atoms with Crippen molar-refractivity contribution < 1.29 is 22.2 Å². The lowest BCUT2D eigenvalue weighted by molar-refractivity contribution is 0.0687. The van der Waals surface area contributed by atoms with Gasteiger partial charge >= 0.3 is 0 Å². The van der Waals surface area contributed by atoms with Crippen LogP contribution in [0.1, 0.15) is 23.8 Å². The van der Waals surface area contributed by atoms with Gasteiger partial charge in [0.2, 0.25) is 15.8 Å². The van der Waals surface area contributed by atoms with Crippen molar-refractivity contribution in [3.8, 4) is 11.5 Å². The van der Waals surface area contributed by atoms with E-state index < -0.39 is 10.0 Å². The van der Waals surface area contributed by atoms with Gasteiger partial charge in [0, 0.05) is 32.2 Å². The van der Waals surface area contributed by atoms with E-state index in [1.54, 1.807) is 17.0 Å². The Morgan fingerprint density at radius 2 is 2.00 bits per heavy atom. The van der Waals surface area contributed by atoms with Crippen LogP contribution in [-0.4, -0.2) is 60.6 Å². The van der Waals surface area contributed by atoms with Crippen LogP contribution in [0.4, 0.5) is 0 Å². The molecule has 1 aliphatic heterocycles. The van der Waals surface area contributed by atoms with Crippen LogP contribution in [-0.2, 0) is 10.0 Å². The van der Waals surface area contributed by atoms with Gasteiger partial charge in [-0.2, -0.15) is 4.31 Å². The molecule has 1 aliphatic rings. The second-order valence-electron chi connectivity index (χ2n) is 5.56. The van der Waals surface area contributed by atoms with Gasteiger partial charge in [-0.25, -0.2) is 8.42 Å². The fourth-order valence-corrected chi connectivity index (χ4v) is 4.12. The van der Waals surface area contributed by atoms with E-state index in [-0.39, 0.29) is 17.4 Å². The quantitative estimate of drug-likeness (QED) is 0.807. The Bertz CT molecular complexity index is 789. The van der Waals surface area contributed by atoms with Gasteiger partial charge in [-0.1, -0.05) is 12.1 Å². The Morgan fingerprint density at radius 1 is 1.25 bits per heavy atom. The van der Waals surface area contributed by atoms with E-state index in [0.29, 0.717) is 44.1 Å². The fourth-order valence-electron chi connectivity index (χ4n) is 2.63. The molecule has 2 aromatic rings. The van der Waals surface area contributed by atoms with Crippen LogP contribution < -0.4 is 0 Å². The maximum atomic E-state index is 12.5. The van der Waals surface area contributed by atoms with Crippen LogP contribution in [0, 0.1) is 0 Å². The van der Waals surface area contributed by atoms with E-state index >= 15 is 0 Å². The average Bonchev–Trinajstić information content (AvgIpc) is 3.25. The molecule has 0 N–H and O–H groups in total. The van der Waals surface area contributed by atoms with Crippen LogP contribution >= 0.6 is 0 Å².